The second-order valence-electron chi connectivity index (χ2n) is 5.35. The molecule has 2 rings (SSSR count). The smallest absolute Gasteiger partial charge is 0.0652 e. The molecule has 0 aromatic heterocycles. The van der Waals surface area contributed by atoms with Gasteiger partial charge < -0.3 is 5.32 Å². The van der Waals surface area contributed by atoms with Crippen molar-refractivity contribution in [1.29, 1.82) is 0 Å². The van der Waals surface area contributed by atoms with E-state index in [9.17, 15) is 0 Å². The Balaban J connectivity index is 2.05. The first kappa shape index (κ1) is 13.4. The largest absolute Gasteiger partial charge is 0.380 e. The molecule has 94 valence electrons. The van der Waals surface area contributed by atoms with Crippen molar-refractivity contribution in [3.8, 4) is 0 Å². The zero-order valence-corrected chi connectivity index (χ0v) is 12.4. The average Bonchev–Trinajstić information content (AvgIpc) is 2.21. The molecule has 1 nitrogen and oxygen atoms in total. The zero-order chi connectivity index (χ0) is 12.5. The summed E-state index contributed by atoms with van der Waals surface area (Å²) in [6.07, 6.45) is 1.18. The Morgan fingerprint density at radius 2 is 2.12 bits per heavy atom. The van der Waals surface area contributed by atoms with Crippen molar-refractivity contribution in [3.05, 3.63) is 28.2 Å². The fourth-order valence-electron chi connectivity index (χ4n) is 2.18. The van der Waals surface area contributed by atoms with Gasteiger partial charge in [0.2, 0.25) is 0 Å². The van der Waals surface area contributed by atoms with E-state index in [4.69, 9.17) is 23.2 Å². The monoisotopic (exact) mass is 289 g/mol. The Kier molecular flexibility index (Phi) is 4.17. The lowest BCUT2D eigenvalue weighted by Crippen LogP contribution is -2.35. The van der Waals surface area contributed by atoms with Crippen LogP contribution in [0.3, 0.4) is 0 Å². The van der Waals surface area contributed by atoms with Gasteiger partial charge in [0.25, 0.3) is 0 Å². The van der Waals surface area contributed by atoms with Crippen LogP contribution in [0.4, 0.5) is 5.69 Å². The predicted molar refractivity (Wildman–Crippen MR) is 79.6 cm³/mol. The van der Waals surface area contributed by atoms with Crippen LogP contribution in [0.15, 0.2) is 18.2 Å². The molecule has 0 aliphatic carbocycles. The number of nitrogens with one attached hydrogen (secondary N) is 1. The first-order chi connectivity index (χ1) is 7.96. The molecule has 1 aliphatic heterocycles. The lowest BCUT2D eigenvalue weighted by atomic mass is 9.88. The summed E-state index contributed by atoms with van der Waals surface area (Å²) in [6, 6.07) is 6.10. The van der Waals surface area contributed by atoms with E-state index in [0.29, 0.717) is 21.5 Å². The van der Waals surface area contributed by atoms with Crippen molar-refractivity contribution in [2.24, 2.45) is 5.41 Å². The van der Waals surface area contributed by atoms with Crippen LogP contribution in [0.1, 0.15) is 20.3 Å². The normalized spacial score (nSPS) is 23.4. The number of rotatable bonds is 2. The van der Waals surface area contributed by atoms with Crippen LogP contribution in [-0.2, 0) is 0 Å². The van der Waals surface area contributed by atoms with Gasteiger partial charge in [-0.3, -0.25) is 0 Å². The maximum Gasteiger partial charge on any atom is 0.0652 e. The highest BCUT2D eigenvalue weighted by Gasteiger charge is 2.28. The van der Waals surface area contributed by atoms with Gasteiger partial charge in [-0.2, -0.15) is 11.8 Å². The summed E-state index contributed by atoms with van der Waals surface area (Å²) in [7, 11) is 0. The molecule has 17 heavy (non-hydrogen) atoms. The number of halogens is 2. The highest BCUT2D eigenvalue weighted by molar-refractivity contribution is 7.99. The van der Waals surface area contributed by atoms with Crippen LogP contribution >= 0.6 is 35.0 Å². The van der Waals surface area contributed by atoms with E-state index >= 15 is 0 Å². The SMILES string of the molecule is CC1(C)CSCC(Nc2ccc(Cl)cc2Cl)C1. The third kappa shape index (κ3) is 3.70. The summed E-state index contributed by atoms with van der Waals surface area (Å²) in [6.45, 7) is 4.63. The first-order valence-electron chi connectivity index (χ1n) is 5.76. The summed E-state index contributed by atoms with van der Waals surface area (Å²) < 4.78 is 0. The van der Waals surface area contributed by atoms with Gasteiger partial charge in [-0.15, -0.1) is 0 Å². The molecule has 0 bridgehead atoms. The minimum atomic E-state index is 0.402. The molecule has 1 aromatic carbocycles. The highest BCUT2D eigenvalue weighted by Crippen LogP contribution is 2.36. The maximum atomic E-state index is 6.17. The van der Waals surface area contributed by atoms with Crippen LogP contribution in [0, 0.1) is 5.41 Å². The van der Waals surface area contributed by atoms with Gasteiger partial charge in [0.15, 0.2) is 0 Å². The molecule has 1 unspecified atom stereocenters. The standard InChI is InChI=1S/C13H17Cl2NS/c1-13(2)6-10(7-17-8-13)16-12-4-3-9(14)5-11(12)15/h3-5,10,16H,6-8H2,1-2H3. The molecule has 0 amide bonds. The molecule has 1 saturated heterocycles. The molecule has 1 atom stereocenters. The molecule has 0 radical (unpaired) electrons. The van der Waals surface area contributed by atoms with Crippen LogP contribution in [-0.4, -0.2) is 17.5 Å². The van der Waals surface area contributed by atoms with E-state index in [1.54, 1.807) is 6.07 Å². The summed E-state index contributed by atoms with van der Waals surface area (Å²) in [5.74, 6) is 2.38. The van der Waals surface area contributed by atoms with Crippen LogP contribution in [0.25, 0.3) is 0 Å². The van der Waals surface area contributed by atoms with Crippen molar-refractivity contribution in [2.75, 3.05) is 16.8 Å². The number of anilines is 1. The van der Waals surface area contributed by atoms with E-state index in [-0.39, 0.29) is 0 Å². The fraction of sp³-hybridized carbons (Fsp3) is 0.538. The maximum absolute atomic E-state index is 6.17. The lowest BCUT2D eigenvalue weighted by Gasteiger charge is -2.35. The molecule has 1 heterocycles. The summed E-state index contributed by atoms with van der Waals surface area (Å²) in [5.41, 5.74) is 1.39. The van der Waals surface area contributed by atoms with E-state index < -0.39 is 0 Å². The van der Waals surface area contributed by atoms with Crippen molar-refractivity contribution >= 4 is 40.7 Å². The molecule has 1 N–H and O–H groups in total. The molecule has 1 fully saturated rings. The first-order valence-corrected chi connectivity index (χ1v) is 7.67. The second-order valence-corrected chi connectivity index (χ2v) is 7.22. The summed E-state index contributed by atoms with van der Waals surface area (Å²) in [5, 5.41) is 4.90. The minimum absolute atomic E-state index is 0.402. The van der Waals surface area contributed by atoms with Crippen LogP contribution in [0.5, 0.6) is 0 Å². The molecule has 0 saturated carbocycles. The van der Waals surface area contributed by atoms with Crippen molar-refractivity contribution in [3.63, 3.8) is 0 Å². The molecule has 1 aromatic rings. The van der Waals surface area contributed by atoms with Gasteiger partial charge >= 0.3 is 0 Å². The Morgan fingerprint density at radius 3 is 2.76 bits per heavy atom. The quantitative estimate of drug-likeness (QED) is 0.828. The summed E-state index contributed by atoms with van der Waals surface area (Å²) in [4.78, 5) is 0. The van der Waals surface area contributed by atoms with E-state index in [1.165, 1.54) is 12.2 Å². The number of benzene rings is 1. The topological polar surface area (TPSA) is 12.0 Å². The van der Waals surface area contributed by atoms with Gasteiger partial charge in [-0.25, -0.2) is 0 Å². The second kappa shape index (κ2) is 5.29. The zero-order valence-electron chi connectivity index (χ0n) is 10.1. The number of thioether (sulfide) groups is 1. The Morgan fingerprint density at radius 1 is 1.35 bits per heavy atom. The van der Waals surface area contributed by atoms with Gasteiger partial charge in [-0.1, -0.05) is 37.0 Å². The molecule has 0 spiro atoms. The van der Waals surface area contributed by atoms with Gasteiger partial charge in [-0.05, 0) is 35.8 Å². The number of hydrogen-bond acceptors (Lipinski definition) is 2. The van der Waals surface area contributed by atoms with Gasteiger partial charge in [0, 0.05) is 16.8 Å². The Bertz CT molecular complexity index is 406. The molecule has 4 heteroatoms. The summed E-state index contributed by atoms with van der Waals surface area (Å²) >= 11 is 14.1. The van der Waals surface area contributed by atoms with Gasteiger partial charge in [0.1, 0.15) is 0 Å². The third-order valence-electron chi connectivity index (χ3n) is 2.90. The van der Waals surface area contributed by atoms with Crippen LogP contribution < -0.4 is 5.32 Å². The van der Waals surface area contributed by atoms with E-state index in [0.717, 1.165) is 11.4 Å². The van der Waals surface area contributed by atoms with E-state index in [2.05, 4.69) is 19.2 Å². The van der Waals surface area contributed by atoms with Crippen molar-refractivity contribution in [2.45, 2.75) is 26.3 Å². The highest BCUT2D eigenvalue weighted by atomic mass is 35.5. The Hall–Kier alpha value is -0.0500. The van der Waals surface area contributed by atoms with Gasteiger partial charge in [0.05, 0.1) is 10.7 Å². The number of hydrogen-bond donors (Lipinski definition) is 1. The average molecular weight is 290 g/mol. The Labute approximate surface area is 117 Å². The fourth-order valence-corrected chi connectivity index (χ4v) is 3.92. The van der Waals surface area contributed by atoms with Crippen molar-refractivity contribution in [1.82, 2.24) is 0 Å². The predicted octanol–water partition coefficient (Wildman–Crippen LogP) is 4.94. The molecular weight excluding hydrogens is 273 g/mol. The lowest BCUT2D eigenvalue weighted by molar-refractivity contribution is 0.358. The van der Waals surface area contributed by atoms with E-state index in [1.807, 2.05) is 23.9 Å². The van der Waals surface area contributed by atoms with Crippen LogP contribution in [0.2, 0.25) is 10.0 Å². The minimum Gasteiger partial charge on any atom is -0.380 e. The molecular formula is C13H17Cl2NS. The molecule has 1 aliphatic rings. The van der Waals surface area contributed by atoms with Crippen molar-refractivity contribution < 1.29 is 0 Å². The third-order valence-corrected chi connectivity index (χ3v) is 5.07.